The Bertz CT molecular complexity index is 968. The molecule has 2 aliphatic carbocycles. The molecule has 2 aromatic rings. The van der Waals surface area contributed by atoms with Crippen molar-refractivity contribution in [3.05, 3.63) is 70.3 Å². The number of carbonyl (C=O) groups is 1. The second-order valence-corrected chi connectivity index (χ2v) is 9.93. The fourth-order valence-electron chi connectivity index (χ4n) is 4.90. The molecule has 1 heterocycles. The fourth-order valence-corrected chi connectivity index (χ4v) is 4.90. The first-order chi connectivity index (χ1) is 15.5. The maximum atomic E-state index is 13.1. The zero-order valence-corrected chi connectivity index (χ0v) is 18.6. The van der Waals surface area contributed by atoms with Gasteiger partial charge in [0, 0.05) is 44.4 Å². The Hall–Kier alpha value is -2.27. The van der Waals surface area contributed by atoms with Crippen molar-refractivity contribution in [2.45, 2.75) is 70.5 Å². The van der Waals surface area contributed by atoms with Crippen LogP contribution < -0.4 is 5.32 Å². The summed E-state index contributed by atoms with van der Waals surface area (Å²) in [5.41, 5.74) is 6.34. The molecule has 32 heavy (non-hydrogen) atoms. The van der Waals surface area contributed by atoms with Crippen LogP contribution in [0.1, 0.15) is 59.9 Å². The van der Waals surface area contributed by atoms with E-state index in [0.29, 0.717) is 13.0 Å². The van der Waals surface area contributed by atoms with Crippen LogP contribution in [0, 0.1) is 11.8 Å². The van der Waals surface area contributed by atoms with Gasteiger partial charge < -0.3 is 5.32 Å². The number of aryl methyl sites for hydroxylation is 1. The van der Waals surface area contributed by atoms with E-state index in [4.69, 9.17) is 0 Å². The van der Waals surface area contributed by atoms with Gasteiger partial charge in [0.1, 0.15) is 0 Å². The summed E-state index contributed by atoms with van der Waals surface area (Å²) in [6.07, 6.45) is 5.67. The van der Waals surface area contributed by atoms with Crippen molar-refractivity contribution >= 4 is 5.91 Å². The van der Waals surface area contributed by atoms with Crippen LogP contribution in [0.3, 0.4) is 0 Å². The van der Waals surface area contributed by atoms with Crippen molar-refractivity contribution in [2.75, 3.05) is 6.54 Å². The lowest BCUT2D eigenvalue weighted by Gasteiger charge is -2.29. The zero-order valence-electron chi connectivity index (χ0n) is 18.6. The normalized spacial score (nSPS) is 22.1. The first kappa shape index (κ1) is 21.6. The highest BCUT2D eigenvalue weighted by Gasteiger charge is 2.55. The monoisotopic (exact) mass is 438 g/mol. The third kappa shape index (κ3) is 5.03. The van der Waals surface area contributed by atoms with Gasteiger partial charge in [-0.1, -0.05) is 48.9 Å². The Labute approximate surface area is 189 Å². The standard InChI is InChI=1S/C27H32F2N2O/c28-27(29)15-25(27)11-9-19-8-10-24-18-31(13-12-23(24)14-19)17-21-6-4-20(5-7-21)16-30-26(32)22-2-1-3-22/h4-8,10,14,22,25H,1-3,9,11-13,15-18H2,(H,30,32). The molecule has 1 amide bonds. The molecule has 0 bridgehead atoms. The van der Waals surface area contributed by atoms with E-state index < -0.39 is 11.8 Å². The minimum absolute atomic E-state index is 0.0724. The molecule has 3 nitrogen and oxygen atoms in total. The van der Waals surface area contributed by atoms with Gasteiger partial charge in [0.15, 0.2) is 0 Å². The molecule has 5 rings (SSSR count). The molecular formula is C27H32F2N2O. The van der Waals surface area contributed by atoms with Crippen LogP contribution in [0.4, 0.5) is 8.78 Å². The third-order valence-corrected chi connectivity index (χ3v) is 7.47. The SMILES string of the molecule is O=C(NCc1ccc(CN2CCc3cc(CCC4CC4(F)F)ccc3C2)cc1)C1CCC1. The number of halogens is 2. The molecule has 0 spiro atoms. The lowest BCUT2D eigenvalue weighted by atomic mass is 9.85. The van der Waals surface area contributed by atoms with E-state index in [1.165, 1.54) is 28.7 Å². The van der Waals surface area contributed by atoms with Gasteiger partial charge in [-0.05, 0) is 59.9 Å². The smallest absolute Gasteiger partial charge is 0.251 e. The van der Waals surface area contributed by atoms with Gasteiger partial charge in [-0.3, -0.25) is 9.69 Å². The number of hydrogen-bond acceptors (Lipinski definition) is 2. The summed E-state index contributed by atoms with van der Waals surface area (Å²) in [5, 5.41) is 3.05. The highest BCUT2D eigenvalue weighted by molar-refractivity contribution is 5.79. The summed E-state index contributed by atoms with van der Waals surface area (Å²) < 4.78 is 26.2. The lowest BCUT2D eigenvalue weighted by Crippen LogP contribution is -2.33. The topological polar surface area (TPSA) is 32.3 Å². The molecule has 0 saturated heterocycles. The summed E-state index contributed by atoms with van der Waals surface area (Å²) in [6.45, 7) is 3.45. The van der Waals surface area contributed by atoms with E-state index in [2.05, 4.69) is 52.7 Å². The first-order valence-electron chi connectivity index (χ1n) is 12.0. The highest BCUT2D eigenvalue weighted by Crippen LogP contribution is 2.51. The number of benzene rings is 2. The van der Waals surface area contributed by atoms with Gasteiger partial charge in [-0.15, -0.1) is 0 Å². The average molecular weight is 439 g/mol. The van der Waals surface area contributed by atoms with Crippen molar-refractivity contribution in [3.8, 4) is 0 Å². The largest absolute Gasteiger partial charge is 0.352 e. The summed E-state index contributed by atoms with van der Waals surface area (Å²) in [4.78, 5) is 14.5. The third-order valence-electron chi connectivity index (χ3n) is 7.47. The van der Waals surface area contributed by atoms with Crippen LogP contribution in [-0.2, 0) is 37.3 Å². The molecule has 1 aliphatic heterocycles. The Kier molecular flexibility index (Phi) is 6.02. The summed E-state index contributed by atoms with van der Waals surface area (Å²) in [7, 11) is 0. The van der Waals surface area contributed by atoms with Crippen LogP contribution in [0.2, 0.25) is 0 Å². The maximum Gasteiger partial charge on any atom is 0.251 e. The molecule has 3 aliphatic rings. The number of nitrogens with one attached hydrogen (secondary N) is 1. The van der Waals surface area contributed by atoms with Crippen molar-refractivity contribution in [3.63, 3.8) is 0 Å². The van der Waals surface area contributed by atoms with Crippen molar-refractivity contribution in [1.82, 2.24) is 10.2 Å². The zero-order chi connectivity index (χ0) is 22.1. The molecule has 1 atom stereocenters. The highest BCUT2D eigenvalue weighted by atomic mass is 19.3. The summed E-state index contributed by atoms with van der Waals surface area (Å²) in [6, 6.07) is 15.1. The van der Waals surface area contributed by atoms with E-state index in [1.54, 1.807) is 0 Å². The number of alkyl halides is 2. The molecule has 2 fully saturated rings. The van der Waals surface area contributed by atoms with E-state index >= 15 is 0 Å². The molecule has 1 unspecified atom stereocenters. The first-order valence-corrected chi connectivity index (χ1v) is 12.0. The number of nitrogens with zero attached hydrogens (tertiary/aromatic N) is 1. The molecule has 170 valence electrons. The summed E-state index contributed by atoms with van der Waals surface area (Å²) >= 11 is 0. The number of carbonyl (C=O) groups excluding carboxylic acids is 1. The number of amides is 1. The van der Waals surface area contributed by atoms with Crippen molar-refractivity contribution in [1.29, 1.82) is 0 Å². The van der Waals surface area contributed by atoms with Gasteiger partial charge >= 0.3 is 0 Å². The molecular weight excluding hydrogens is 406 g/mol. The van der Waals surface area contributed by atoms with Gasteiger partial charge in [0.25, 0.3) is 5.92 Å². The predicted octanol–water partition coefficient (Wildman–Crippen LogP) is 5.25. The van der Waals surface area contributed by atoms with Gasteiger partial charge in [0.05, 0.1) is 0 Å². The Morgan fingerprint density at radius 3 is 2.44 bits per heavy atom. The number of fused-ring (bicyclic) bond motifs is 1. The van der Waals surface area contributed by atoms with Gasteiger partial charge in [-0.2, -0.15) is 0 Å². The van der Waals surface area contributed by atoms with E-state index in [0.717, 1.165) is 50.9 Å². The lowest BCUT2D eigenvalue weighted by molar-refractivity contribution is -0.127. The number of rotatable bonds is 8. The summed E-state index contributed by atoms with van der Waals surface area (Å²) in [5.74, 6) is -2.38. The Balaban J connectivity index is 1.10. The van der Waals surface area contributed by atoms with Crippen LogP contribution in [0.25, 0.3) is 0 Å². The minimum atomic E-state index is -2.41. The van der Waals surface area contributed by atoms with Crippen molar-refractivity contribution in [2.24, 2.45) is 11.8 Å². The molecule has 5 heteroatoms. The molecule has 2 saturated carbocycles. The average Bonchev–Trinajstić information content (AvgIpc) is 3.37. The predicted molar refractivity (Wildman–Crippen MR) is 121 cm³/mol. The van der Waals surface area contributed by atoms with Crippen LogP contribution in [0.5, 0.6) is 0 Å². The molecule has 0 aromatic heterocycles. The van der Waals surface area contributed by atoms with Crippen LogP contribution in [-0.4, -0.2) is 23.3 Å². The molecule has 2 aromatic carbocycles. The van der Waals surface area contributed by atoms with Crippen LogP contribution >= 0.6 is 0 Å². The second kappa shape index (κ2) is 8.93. The fraction of sp³-hybridized carbons (Fsp3) is 0.519. The maximum absolute atomic E-state index is 13.1. The minimum Gasteiger partial charge on any atom is -0.352 e. The van der Waals surface area contributed by atoms with Crippen LogP contribution in [0.15, 0.2) is 42.5 Å². The Morgan fingerprint density at radius 2 is 1.75 bits per heavy atom. The molecule has 1 N–H and O–H groups in total. The van der Waals surface area contributed by atoms with E-state index in [-0.39, 0.29) is 18.2 Å². The van der Waals surface area contributed by atoms with Gasteiger partial charge in [0.2, 0.25) is 5.91 Å². The second-order valence-electron chi connectivity index (χ2n) is 9.93. The van der Waals surface area contributed by atoms with Crippen molar-refractivity contribution < 1.29 is 13.6 Å². The van der Waals surface area contributed by atoms with E-state index in [9.17, 15) is 13.6 Å². The van der Waals surface area contributed by atoms with Gasteiger partial charge in [-0.25, -0.2) is 8.78 Å². The Morgan fingerprint density at radius 1 is 1.03 bits per heavy atom. The molecule has 0 radical (unpaired) electrons. The van der Waals surface area contributed by atoms with E-state index in [1.807, 2.05) is 0 Å². The number of hydrogen-bond donors (Lipinski definition) is 1. The quantitative estimate of drug-likeness (QED) is 0.611.